The lowest BCUT2D eigenvalue weighted by molar-refractivity contribution is 0.299. The number of halogens is 1. The summed E-state index contributed by atoms with van der Waals surface area (Å²) in [7, 11) is 0. The maximum Gasteiger partial charge on any atom is 0.183 e. The molecule has 2 rings (SSSR count). The van der Waals surface area contributed by atoms with Crippen molar-refractivity contribution >= 4 is 15.9 Å². The van der Waals surface area contributed by atoms with Crippen molar-refractivity contribution in [3.8, 4) is 11.8 Å². The lowest BCUT2D eigenvalue weighted by atomic mass is 10.3. The number of aromatic nitrogens is 1. The Balaban J connectivity index is 2.34. The van der Waals surface area contributed by atoms with Crippen molar-refractivity contribution in [1.29, 1.82) is 5.26 Å². The van der Waals surface area contributed by atoms with Gasteiger partial charge in [0.25, 0.3) is 0 Å². The van der Waals surface area contributed by atoms with Crippen molar-refractivity contribution in [3.63, 3.8) is 0 Å². The summed E-state index contributed by atoms with van der Waals surface area (Å²) in [4.78, 5) is 3.92. The maximum absolute atomic E-state index is 8.76. The molecular formula is C9H7BrN2O. The average Bonchev–Trinajstić information content (AvgIpc) is 2.92. The highest BCUT2D eigenvalue weighted by molar-refractivity contribution is 9.10. The van der Waals surface area contributed by atoms with Crippen LogP contribution in [0.1, 0.15) is 18.5 Å². The molecule has 0 N–H and O–H groups in total. The van der Waals surface area contributed by atoms with Crippen LogP contribution >= 0.6 is 15.9 Å². The standard InChI is InChI=1S/C9H7BrN2O/c10-7-3-4-12-8(5-11)9(7)13-6-1-2-6/h3-4,6H,1-2H2. The Morgan fingerprint density at radius 3 is 3.00 bits per heavy atom. The number of nitrogens with zero attached hydrogens (tertiary/aromatic N) is 2. The Morgan fingerprint density at radius 1 is 1.62 bits per heavy atom. The molecular weight excluding hydrogens is 232 g/mol. The van der Waals surface area contributed by atoms with Gasteiger partial charge in [0.05, 0.1) is 10.6 Å². The first-order chi connectivity index (χ1) is 6.31. The molecule has 1 saturated carbocycles. The minimum absolute atomic E-state index is 0.285. The normalized spacial score (nSPS) is 15.1. The molecule has 0 bridgehead atoms. The highest BCUT2D eigenvalue weighted by Gasteiger charge is 2.25. The van der Waals surface area contributed by atoms with Gasteiger partial charge in [-0.1, -0.05) is 0 Å². The van der Waals surface area contributed by atoms with Crippen molar-refractivity contribution in [2.45, 2.75) is 18.9 Å². The van der Waals surface area contributed by atoms with Gasteiger partial charge < -0.3 is 4.74 Å². The molecule has 66 valence electrons. The summed E-state index contributed by atoms with van der Waals surface area (Å²) < 4.78 is 6.34. The van der Waals surface area contributed by atoms with Crippen LogP contribution in [-0.2, 0) is 0 Å². The van der Waals surface area contributed by atoms with Crippen molar-refractivity contribution in [3.05, 3.63) is 22.4 Å². The average molecular weight is 239 g/mol. The molecule has 1 aromatic rings. The Kier molecular flexibility index (Phi) is 2.19. The number of ether oxygens (including phenoxy) is 1. The molecule has 13 heavy (non-hydrogen) atoms. The zero-order valence-electron chi connectivity index (χ0n) is 6.83. The monoisotopic (exact) mass is 238 g/mol. The van der Waals surface area contributed by atoms with Gasteiger partial charge in [0.2, 0.25) is 0 Å². The van der Waals surface area contributed by atoms with Gasteiger partial charge in [-0.05, 0) is 34.8 Å². The fourth-order valence-electron chi connectivity index (χ4n) is 0.969. The van der Waals surface area contributed by atoms with Gasteiger partial charge in [-0.15, -0.1) is 0 Å². The first kappa shape index (κ1) is 8.52. The van der Waals surface area contributed by atoms with Gasteiger partial charge in [0.15, 0.2) is 11.4 Å². The number of hydrogen-bond donors (Lipinski definition) is 0. The minimum atomic E-state index is 0.285. The van der Waals surface area contributed by atoms with Crippen LogP contribution in [0.25, 0.3) is 0 Å². The summed E-state index contributed by atoms with van der Waals surface area (Å²) in [6.45, 7) is 0. The van der Waals surface area contributed by atoms with Crippen LogP contribution in [0.15, 0.2) is 16.7 Å². The second-order valence-electron chi connectivity index (χ2n) is 2.90. The molecule has 1 aliphatic carbocycles. The lowest BCUT2D eigenvalue weighted by Crippen LogP contribution is -2.00. The van der Waals surface area contributed by atoms with Gasteiger partial charge in [-0.3, -0.25) is 0 Å². The van der Waals surface area contributed by atoms with Crippen LogP contribution in [0.4, 0.5) is 0 Å². The lowest BCUT2D eigenvalue weighted by Gasteiger charge is -2.06. The molecule has 1 fully saturated rings. The van der Waals surface area contributed by atoms with E-state index in [-0.39, 0.29) is 6.10 Å². The number of hydrogen-bond acceptors (Lipinski definition) is 3. The van der Waals surface area contributed by atoms with Crippen LogP contribution in [-0.4, -0.2) is 11.1 Å². The molecule has 0 unspecified atom stereocenters. The zero-order valence-corrected chi connectivity index (χ0v) is 8.41. The topological polar surface area (TPSA) is 45.9 Å². The third kappa shape index (κ3) is 1.81. The van der Waals surface area contributed by atoms with Crippen LogP contribution in [0.5, 0.6) is 5.75 Å². The predicted octanol–water partition coefficient (Wildman–Crippen LogP) is 2.26. The van der Waals surface area contributed by atoms with E-state index in [2.05, 4.69) is 20.9 Å². The van der Waals surface area contributed by atoms with Gasteiger partial charge in [0.1, 0.15) is 6.07 Å². The first-order valence-electron chi connectivity index (χ1n) is 4.02. The van der Waals surface area contributed by atoms with E-state index in [4.69, 9.17) is 10.00 Å². The van der Waals surface area contributed by atoms with Crippen molar-refractivity contribution < 1.29 is 4.74 Å². The third-order valence-corrected chi connectivity index (χ3v) is 2.40. The van der Waals surface area contributed by atoms with Gasteiger partial charge >= 0.3 is 0 Å². The molecule has 0 amide bonds. The minimum Gasteiger partial charge on any atom is -0.486 e. The third-order valence-electron chi connectivity index (χ3n) is 1.77. The van der Waals surface area contributed by atoms with E-state index < -0.39 is 0 Å². The Morgan fingerprint density at radius 2 is 2.38 bits per heavy atom. The fraction of sp³-hybridized carbons (Fsp3) is 0.333. The maximum atomic E-state index is 8.76. The summed E-state index contributed by atoms with van der Waals surface area (Å²) in [5, 5.41) is 8.76. The number of rotatable bonds is 2. The Bertz CT molecular complexity index is 368. The van der Waals surface area contributed by atoms with Crippen LogP contribution in [0, 0.1) is 11.3 Å². The molecule has 3 nitrogen and oxygen atoms in total. The number of pyridine rings is 1. The molecule has 0 aromatic carbocycles. The van der Waals surface area contributed by atoms with E-state index in [1.807, 2.05) is 6.07 Å². The zero-order chi connectivity index (χ0) is 9.26. The van der Waals surface area contributed by atoms with Crippen molar-refractivity contribution in [2.24, 2.45) is 0 Å². The summed E-state index contributed by atoms with van der Waals surface area (Å²) in [6.07, 6.45) is 4.02. The SMILES string of the molecule is N#Cc1nccc(Br)c1OC1CC1. The summed E-state index contributed by atoms with van der Waals surface area (Å²) in [5.74, 6) is 0.576. The Labute approximate surface area is 84.5 Å². The first-order valence-corrected chi connectivity index (χ1v) is 4.82. The molecule has 0 spiro atoms. The molecule has 1 heterocycles. The molecule has 1 aliphatic rings. The van der Waals surface area contributed by atoms with E-state index in [1.54, 1.807) is 12.3 Å². The van der Waals surface area contributed by atoms with Crippen molar-refractivity contribution in [1.82, 2.24) is 4.98 Å². The van der Waals surface area contributed by atoms with Crippen LogP contribution < -0.4 is 4.74 Å². The fourth-order valence-corrected chi connectivity index (χ4v) is 1.37. The molecule has 4 heteroatoms. The molecule has 0 saturated heterocycles. The Hall–Kier alpha value is -1.08. The van der Waals surface area contributed by atoms with Gasteiger partial charge in [-0.2, -0.15) is 5.26 Å². The predicted molar refractivity (Wildman–Crippen MR) is 50.3 cm³/mol. The van der Waals surface area contributed by atoms with E-state index in [0.717, 1.165) is 17.3 Å². The van der Waals surface area contributed by atoms with Crippen LogP contribution in [0.2, 0.25) is 0 Å². The van der Waals surface area contributed by atoms with Crippen LogP contribution in [0.3, 0.4) is 0 Å². The molecule has 0 radical (unpaired) electrons. The largest absolute Gasteiger partial charge is 0.486 e. The van der Waals surface area contributed by atoms with Crippen molar-refractivity contribution in [2.75, 3.05) is 0 Å². The molecule has 0 aliphatic heterocycles. The smallest absolute Gasteiger partial charge is 0.183 e. The second kappa shape index (κ2) is 3.35. The number of nitriles is 1. The summed E-state index contributed by atoms with van der Waals surface area (Å²) in [6, 6.07) is 3.78. The van der Waals surface area contributed by atoms with Gasteiger partial charge in [-0.25, -0.2) is 4.98 Å². The molecule has 1 aromatic heterocycles. The van der Waals surface area contributed by atoms with E-state index >= 15 is 0 Å². The quantitative estimate of drug-likeness (QED) is 0.795. The molecule has 0 atom stereocenters. The van der Waals surface area contributed by atoms with Gasteiger partial charge in [0, 0.05) is 6.20 Å². The summed E-state index contributed by atoms with van der Waals surface area (Å²) in [5.41, 5.74) is 0.348. The highest BCUT2D eigenvalue weighted by atomic mass is 79.9. The summed E-state index contributed by atoms with van der Waals surface area (Å²) >= 11 is 3.33. The second-order valence-corrected chi connectivity index (χ2v) is 3.75. The highest BCUT2D eigenvalue weighted by Crippen LogP contribution is 2.33. The van der Waals surface area contributed by atoms with E-state index in [1.165, 1.54) is 0 Å². The van der Waals surface area contributed by atoms with E-state index in [9.17, 15) is 0 Å². The van der Waals surface area contributed by atoms with E-state index in [0.29, 0.717) is 11.4 Å².